The van der Waals surface area contributed by atoms with Gasteiger partial charge < -0.3 is 14.6 Å². The fourth-order valence-electron chi connectivity index (χ4n) is 3.33. The molecule has 0 bridgehead atoms. The number of aromatic nitrogens is 2. The number of nitrogens with zero attached hydrogens (tertiary/aromatic N) is 1. The topological polar surface area (TPSA) is 67.4 Å². The molecule has 4 aromatic rings. The van der Waals surface area contributed by atoms with E-state index in [0.717, 1.165) is 28.1 Å². The third-order valence-electron chi connectivity index (χ3n) is 4.84. The van der Waals surface area contributed by atoms with Crippen LogP contribution >= 0.6 is 11.6 Å². The Labute approximate surface area is 179 Å². The first-order chi connectivity index (χ1) is 14.5. The molecule has 0 unspecified atom stereocenters. The molecule has 152 valence electrons. The third-order valence-corrected chi connectivity index (χ3v) is 5.08. The van der Waals surface area contributed by atoms with Crippen molar-refractivity contribution in [2.45, 2.75) is 13.5 Å². The molecule has 0 saturated heterocycles. The lowest BCUT2D eigenvalue weighted by atomic mass is 9.98. The number of H-pyrrole nitrogens is 1. The van der Waals surface area contributed by atoms with E-state index in [9.17, 15) is 5.11 Å². The minimum atomic E-state index is 0.0971. The molecule has 0 radical (unpaired) electrons. The van der Waals surface area contributed by atoms with Crippen molar-refractivity contribution in [3.05, 3.63) is 83.0 Å². The molecule has 3 aromatic carbocycles. The Bertz CT molecular complexity index is 1170. The first kappa shape index (κ1) is 19.9. The first-order valence-corrected chi connectivity index (χ1v) is 9.83. The van der Waals surface area contributed by atoms with Gasteiger partial charge in [-0.2, -0.15) is 5.10 Å². The van der Waals surface area contributed by atoms with Gasteiger partial charge in [0.2, 0.25) is 0 Å². The van der Waals surface area contributed by atoms with Gasteiger partial charge in [0, 0.05) is 27.9 Å². The quantitative estimate of drug-likeness (QED) is 0.401. The van der Waals surface area contributed by atoms with Crippen LogP contribution in [0.4, 0.5) is 0 Å². The van der Waals surface area contributed by atoms with E-state index in [2.05, 4.69) is 10.2 Å². The minimum absolute atomic E-state index is 0.0971. The van der Waals surface area contributed by atoms with E-state index in [-0.39, 0.29) is 5.75 Å². The number of aromatic hydroxyl groups is 1. The zero-order chi connectivity index (χ0) is 21.1. The second kappa shape index (κ2) is 8.51. The number of aryl methyl sites for hydroxylation is 1. The number of rotatable bonds is 6. The van der Waals surface area contributed by atoms with E-state index in [1.807, 2.05) is 67.6 Å². The Morgan fingerprint density at radius 3 is 2.47 bits per heavy atom. The number of methoxy groups -OCH3 is 1. The summed E-state index contributed by atoms with van der Waals surface area (Å²) in [5, 5.41) is 18.8. The molecule has 0 atom stereocenters. The molecule has 0 saturated carbocycles. The van der Waals surface area contributed by atoms with Crippen LogP contribution in [0, 0.1) is 6.92 Å². The van der Waals surface area contributed by atoms with E-state index < -0.39 is 0 Å². The molecule has 30 heavy (non-hydrogen) atoms. The van der Waals surface area contributed by atoms with Gasteiger partial charge in [-0.1, -0.05) is 35.9 Å². The van der Waals surface area contributed by atoms with Crippen molar-refractivity contribution in [3.8, 4) is 39.6 Å². The van der Waals surface area contributed by atoms with Crippen molar-refractivity contribution < 1.29 is 14.6 Å². The fourth-order valence-corrected chi connectivity index (χ4v) is 3.54. The summed E-state index contributed by atoms with van der Waals surface area (Å²) in [7, 11) is 1.64. The highest BCUT2D eigenvalue weighted by atomic mass is 35.5. The van der Waals surface area contributed by atoms with Crippen molar-refractivity contribution in [2.75, 3.05) is 7.11 Å². The van der Waals surface area contributed by atoms with Gasteiger partial charge in [-0.3, -0.25) is 5.10 Å². The average molecular weight is 421 g/mol. The summed E-state index contributed by atoms with van der Waals surface area (Å²) in [6.07, 6.45) is 0. The molecule has 2 N–H and O–H groups in total. The van der Waals surface area contributed by atoms with E-state index in [1.54, 1.807) is 13.2 Å². The van der Waals surface area contributed by atoms with Crippen molar-refractivity contribution in [1.82, 2.24) is 10.2 Å². The maximum atomic E-state index is 10.7. The summed E-state index contributed by atoms with van der Waals surface area (Å²) >= 11 is 6.01. The Hall–Kier alpha value is -3.44. The normalized spacial score (nSPS) is 10.8. The predicted molar refractivity (Wildman–Crippen MR) is 118 cm³/mol. The number of benzene rings is 3. The summed E-state index contributed by atoms with van der Waals surface area (Å²) < 4.78 is 11.0. The van der Waals surface area contributed by atoms with Gasteiger partial charge in [-0.25, -0.2) is 0 Å². The second-order valence-corrected chi connectivity index (χ2v) is 7.33. The van der Waals surface area contributed by atoms with Crippen LogP contribution in [-0.4, -0.2) is 22.4 Å². The molecular formula is C24H21ClN2O3. The maximum absolute atomic E-state index is 10.7. The first-order valence-electron chi connectivity index (χ1n) is 9.45. The van der Waals surface area contributed by atoms with Gasteiger partial charge in [0.15, 0.2) is 0 Å². The number of phenolic OH excluding ortho intramolecular Hbond substituents is 1. The highest BCUT2D eigenvalue weighted by Crippen LogP contribution is 2.39. The SMILES string of the molecule is COc1ccc(-c2c(-c3ccc(OCc4cccc(Cl)c4)cc3O)n[nH]c2C)cc1. The second-order valence-electron chi connectivity index (χ2n) is 6.90. The largest absolute Gasteiger partial charge is 0.507 e. The van der Waals surface area contributed by atoms with E-state index in [4.69, 9.17) is 21.1 Å². The smallest absolute Gasteiger partial charge is 0.128 e. The lowest BCUT2D eigenvalue weighted by Gasteiger charge is -2.10. The standard InChI is InChI=1S/C24H21ClN2O3/c1-15-23(17-6-8-19(29-2)9-7-17)24(27-26-15)21-11-10-20(13-22(21)28)30-14-16-4-3-5-18(25)12-16/h3-13,28H,14H2,1-2H3,(H,26,27). The molecule has 0 aliphatic heterocycles. The molecule has 5 nitrogen and oxygen atoms in total. The van der Waals surface area contributed by atoms with Crippen LogP contribution in [0.1, 0.15) is 11.3 Å². The van der Waals surface area contributed by atoms with Crippen LogP contribution in [0.25, 0.3) is 22.4 Å². The molecule has 0 aliphatic rings. The Morgan fingerprint density at radius 2 is 1.77 bits per heavy atom. The number of nitrogens with one attached hydrogen (secondary N) is 1. The number of hydrogen-bond donors (Lipinski definition) is 2. The monoisotopic (exact) mass is 420 g/mol. The number of hydrogen-bond acceptors (Lipinski definition) is 4. The highest BCUT2D eigenvalue weighted by molar-refractivity contribution is 6.30. The van der Waals surface area contributed by atoms with Crippen molar-refractivity contribution >= 4 is 11.6 Å². The summed E-state index contributed by atoms with van der Waals surface area (Å²) in [4.78, 5) is 0. The predicted octanol–water partition coefficient (Wildman–Crippen LogP) is 6.00. The van der Waals surface area contributed by atoms with Gasteiger partial charge in [0.25, 0.3) is 0 Å². The highest BCUT2D eigenvalue weighted by Gasteiger charge is 2.17. The van der Waals surface area contributed by atoms with Crippen LogP contribution in [0.5, 0.6) is 17.2 Å². The lowest BCUT2D eigenvalue weighted by Crippen LogP contribution is -1.95. The lowest BCUT2D eigenvalue weighted by molar-refractivity contribution is 0.304. The van der Waals surface area contributed by atoms with Gasteiger partial charge in [-0.15, -0.1) is 0 Å². The summed E-state index contributed by atoms with van der Waals surface area (Å²) in [5.41, 5.74) is 5.08. The summed E-state index contributed by atoms with van der Waals surface area (Å²) in [6.45, 7) is 2.31. The molecule has 4 rings (SSSR count). The zero-order valence-electron chi connectivity index (χ0n) is 16.6. The van der Waals surface area contributed by atoms with Gasteiger partial charge in [0.05, 0.1) is 7.11 Å². The van der Waals surface area contributed by atoms with Crippen molar-refractivity contribution in [3.63, 3.8) is 0 Å². The number of halogens is 1. The minimum Gasteiger partial charge on any atom is -0.507 e. The molecule has 6 heteroatoms. The molecule has 0 fully saturated rings. The Morgan fingerprint density at radius 1 is 1.00 bits per heavy atom. The Kier molecular flexibility index (Phi) is 5.63. The number of ether oxygens (including phenoxy) is 2. The third kappa shape index (κ3) is 4.11. The summed E-state index contributed by atoms with van der Waals surface area (Å²) in [6, 6.07) is 20.5. The fraction of sp³-hybridized carbons (Fsp3) is 0.125. The van der Waals surface area contributed by atoms with E-state index in [1.165, 1.54) is 0 Å². The molecular weight excluding hydrogens is 400 g/mol. The van der Waals surface area contributed by atoms with Crippen LogP contribution in [0.2, 0.25) is 5.02 Å². The van der Waals surface area contributed by atoms with Crippen LogP contribution in [-0.2, 0) is 6.61 Å². The summed E-state index contributed by atoms with van der Waals surface area (Å²) in [5.74, 6) is 1.44. The molecule has 0 spiro atoms. The maximum Gasteiger partial charge on any atom is 0.128 e. The van der Waals surface area contributed by atoms with Crippen LogP contribution in [0.3, 0.4) is 0 Å². The zero-order valence-corrected chi connectivity index (χ0v) is 17.4. The number of phenols is 1. The van der Waals surface area contributed by atoms with Crippen LogP contribution < -0.4 is 9.47 Å². The van der Waals surface area contributed by atoms with Gasteiger partial charge in [0.1, 0.15) is 29.5 Å². The molecule has 0 amide bonds. The van der Waals surface area contributed by atoms with Gasteiger partial charge >= 0.3 is 0 Å². The molecule has 1 aromatic heterocycles. The number of aromatic amines is 1. The van der Waals surface area contributed by atoms with Crippen molar-refractivity contribution in [1.29, 1.82) is 0 Å². The van der Waals surface area contributed by atoms with Gasteiger partial charge in [-0.05, 0) is 54.4 Å². The van der Waals surface area contributed by atoms with Crippen LogP contribution in [0.15, 0.2) is 66.7 Å². The van der Waals surface area contributed by atoms with Crippen molar-refractivity contribution in [2.24, 2.45) is 0 Å². The van der Waals surface area contributed by atoms with E-state index >= 15 is 0 Å². The average Bonchev–Trinajstić information content (AvgIpc) is 3.13. The Balaban J connectivity index is 1.60. The molecule has 0 aliphatic carbocycles. The van der Waals surface area contributed by atoms with E-state index in [0.29, 0.717) is 28.6 Å². The molecule has 1 heterocycles.